The average molecular weight is 347 g/mol. The zero-order valence-electron chi connectivity index (χ0n) is 15.9. The first-order valence-corrected chi connectivity index (χ1v) is 9.91. The van der Waals surface area contributed by atoms with Crippen LogP contribution in [0.4, 0.5) is 0 Å². The van der Waals surface area contributed by atoms with Crippen molar-refractivity contribution in [2.24, 2.45) is 0 Å². The highest BCUT2D eigenvalue weighted by Gasteiger charge is 2.18. The first-order chi connectivity index (χ1) is 12.8. The molecule has 0 spiro atoms. The third kappa shape index (κ3) is 6.02. The molecule has 1 aliphatic heterocycles. The molecule has 2 aromatic rings. The molecule has 0 saturated carbocycles. The van der Waals surface area contributed by atoms with Crippen LogP contribution in [0.2, 0.25) is 0 Å². The molecular formula is C24H30N2. The number of benzene rings is 2. The van der Waals surface area contributed by atoms with Gasteiger partial charge in [-0.2, -0.15) is 0 Å². The second kappa shape index (κ2) is 10.2. The highest BCUT2D eigenvalue weighted by Crippen LogP contribution is 2.14. The molecule has 0 atom stereocenters. The summed E-state index contributed by atoms with van der Waals surface area (Å²) in [6, 6.07) is 20.1. The minimum Gasteiger partial charge on any atom is -0.310 e. The number of hydrogen-bond donors (Lipinski definition) is 1. The SMILES string of the molecule is CCCC#Cc1ccc(CNC2CCN(Cc3ccccc3)CC2)cc1. The van der Waals surface area contributed by atoms with E-state index in [1.807, 2.05) is 0 Å². The van der Waals surface area contributed by atoms with E-state index in [0.717, 1.165) is 31.5 Å². The van der Waals surface area contributed by atoms with Crippen LogP contribution < -0.4 is 5.32 Å². The van der Waals surface area contributed by atoms with Gasteiger partial charge in [-0.1, -0.05) is 61.2 Å². The third-order valence-electron chi connectivity index (χ3n) is 4.99. The van der Waals surface area contributed by atoms with E-state index in [0.29, 0.717) is 6.04 Å². The van der Waals surface area contributed by atoms with Crippen molar-refractivity contribution < 1.29 is 0 Å². The average Bonchev–Trinajstić information content (AvgIpc) is 2.69. The van der Waals surface area contributed by atoms with E-state index >= 15 is 0 Å². The van der Waals surface area contributed by atoms with Crippen molar-refractivity contribution in [2.75, 3.05) is 13.1 Å². The van der Waals surface area contributed by atoms with Gasteiger partial charge in [-0.05, 0) is 55.6 Å². The van der Waals surface area contributed by atoms with Crippen molar-refractivity contribution in [3.05, 3.63) is 71.3 Å². The van der Waals surface area contributed by atoms with E-state index in [-0.39, 0.29) is 0 Å². The van der Waals surface area contributed by atoms with Crippen LogP contribution in [0, 0.1) is 11.8 Å². The summed E-state index contributed by atoms with van der Waals surface area (Å²) in [6.45, 7) is 6.55. The second-order valence-electron chi connectivity index (χ2n) is 7.17. The van der Waals surface area contributed by atoms with Crippen molar-refractivity contribution in [1.82, 2.24) is 10.2 Å². The zero-order chi connectivity index (χ0) is 18.0. The molecule has 0 bridgehead atoms. The Kier molecular flexibility index (Phi) is 7.31. The Morgan fingerprint density at radius 1 is 0.962 bits per heavy atom. The maximum Gasteiger partial charge on any atom is 0.0245 e. The van der Waals surface area contributed by atoms with Gasteiger partial charge in [0.1, 0.15) is 0 Å². The van der Waals surface area contributed by atoms with Crippen LogP contribution in [0.25, 0.3) is 0 Å². The Bertz CT molecular complexity index is 701. The monoisotopic (exact) mass is 346 g/mol. The van der Waals surface area contributed by atoms with E-state index in [1.54, 1.807) is 0 Å². The van der Waals surface area contributed by atoms with Gasteiger partial charge in [0, 0.05) is 31.1 Å². The van der Waals surface area contributed by atoms with Crippen LogP contribution in [0.5, 0.6) is 0 Å². The highest BCUT2D eigenvalue weighted by atomic mass is 15.1. The summed E-state index contributed by atoms with van der Waals surface area (Å²) < 4.78 is 0. The van der Waals surface area contributed by atoms with Gasteiger partial charge < -0.3 is 5.32 Å². The lowest BCUT2D eigenvalue weighted by atomic mass is 10.0. The Hall–Kier alpha value is -2.08. The maximum atomic E-state index is 3.73. The smallest absolute Gasteiger partial charge is 0.0245 e. The minimum atomic E-state index is 0.631. The van der Waals surface area contributed by atoms with Crippen molar-refractivity contribution in [1.29, 1.82) is 0 Å². The molecule has 0 amide bonds. The molecule has 0 aromatic heterocycles. The minimum absolute atomic E-state index is 0.631. The highest BCUT2D eigenvalue weighted by molar-refractivity contribution is 5.36. The normalized spacial score (nSPS) is 15.4. The van der Waals surface area contributed by atoms with Gasteiger partial charge in [-0.15, -0.1) is 0 Å². The van der Waals surface area contributed by atoms with Crippen molar-refractivity contribution >= 4 is 0 Å². The maximum absolute atomic E-state index is 3.73. The predicted octanol–water partition coefficient (Wildman–Crippen LogP) is 4.59. The molecule has 3 rings (SSSR count). The Morgan fingerprint density at radius 3 is 2.38 bits per heavy atom. The van der Waals surface area contributed by atoms with Crippen LogP contribution in [0.1, 0.15) is 49.3 Å². The first kappa shape index (κ1) is 18.7. The van der Waals surface area contributed by atoms with Gasteiger partial charge >= 0.3 is 0 Å². The van der Waals surface area contributed by atoms with Gasteiger partial charge in [0.25, 0.3) is 0 Å². The number of nitrogens with one attached hydrogen (secondary N) is 1. The van der Waals surface area contributed by atoms with Crippen molar-refractivity contribution in [3.8, 4) is 11.8 Å². The van der Waals surface area contributed by atoms with E-state index in [9.17, 15) is 0 Å². The first-order valence-electron chi connectivity index (χ1n) is 9.91. The molecular weight excluding hydrogens is 316 g/mol. The molecule has 2 nitrogen and oxygen atoms in total. The fourth-order valence-corrected chi connectivity index (χ4v) is 3.39. The topological polar surface area (TPSA) is 15.3 Å². The molecule has 1 N–H and O–H groups in total. The summed E-state index contributed by atoms with van der Waals surface area (Å²) in [5, 5.41) is 3.73. The Balaban J connectivity index is 1.39. The van der Waals surface area contributed by atoms with E-state index in [1.165, 1.54) is 37.1 Å². The van der Waals surface area contributed by atoms with Gasteiger partial charge in [-0.3, -0.25) is 4.90 Å². The number of unbranched alkanes of at least 4 members (excludes halogenated alkanes) is 1. The van der Waals surface area contributed by atoms with E-state index < -0.39 is 0 Å². The summed E-state index contributed by atoms with van der Waals surface area (Å²) in [4.78, 5) is 2.57. The van der Waals surface area contributed by atoms with Crippen molar-refractivity contribution in [2.45, 2.75) is 51.7 Å². The lowest BCUT2D eigenvalue weighted by Gasteiger charge is -2.32. The molecule has 1 heterocycles. The second-order valence-corrected chi connectivity index (χ2v) is 7.17. The summed E-state index contributed by atoms with van der Waals surface area (Å²) in [6.07, 6.45) is 4.56. The lowest BCUT2D eigenvalue weighted by Crippen LogP contribution is -2.41. The molecule has 1 aliphatic rings. The number of nitrogens with zero attached hydrogens (tertiary/aromatic N) is 1. The molecule has 0 aliphatic carbocycles. The number of hydrogen-bond acceptors (Lipinski definition) is 2. The molecule has 1 fully saturated rings. The molecule has 2 heteroatoms. The van der Waals surface area contributed by atoms with Crippen molar-refractivity contribution in [3.63, 3.8) is 0 Å². The molecule has 1 saturated heterocycles. The quantitative estimate of drug-likeness (QED) is 0.770. The predicted molar refractivity (Wildman–Crippen MR) is 110 cm³/mol. The number of rotatable bonds is 6. The molecule has 0 unspecified atom stereocenters. The van der Waals surface area contributed by atoms with Crippen LogP contribution >= 0.6 is 0 Å². The van der Waals surface area contributed by atoms with Crippen LogP contribution in [-0.4, -0.2) is 24.0 Å². The number of piperidine rings is 1. The molecule has 2 aromatic carbocycles. The summed E-state index contributed by atoms with van der Waals surface area (Å²) >= 11 is 0. The zero-order valence-corrected chi connectivity index (χ0v) is 15.9. The fourth-order valence-electron chi connectivity index (χ4n) is 3.39. The standard InChI is InChI=1S/C24H30N2/c1-2-3-5-8-21-11-13-22(14-12-21)19-25-24-15-17-26(18-16-24)20-23-9-6-4-7-10-23/h4,6-7,9-14,24-25H,2-3,15-20H2,1H3. The summed E-state index contributed by atoms with van der Waals surface area (Å²) in [5.41, 5.74) is 3.88. The van der Waals surface area contributed by atoms with Gasteiger partial charge in [0.15, 0.2) is 0 Å². The lowest BCUT2D eigenvalue weighted by molar-refractivity contribution is 0.190. The molecule has 136 valence electrons. The van der Waals surface area contributed by atoms with E-state index in [2.05, 4.69) is 83.6 Å². The Labute approximate surface area is 158 Å². The van der Waals surface area contributed by atoms with Crippen LogP contribution in [0.3, 0.4) is 0 Å². The van der Waals surface area contributed by atoms with Gasteiger partial charge in [-0.25, -0.2) is 0 Å². The summed E-state index contributed by atoms with van der Waals surface area (Å²) in [5.74, 6) is 6.43. The summed E-state index contributed by atoms with van der Waals surface area (Å²) in [7, 11) is 0. The number of likely N-dealkylation sites (tertiary alicyclic amines) is 1. The largest absolute Gasteiger partial charge is 0.310 e. The van der Waals surface area contributed by atoms with Crippen LogP contribution in [0.15, 0.2) is 54.6 Å². The Morgan fingerprint density at radius 2 is 1.69 bits per heavy atom. The third-order valence-corrected chi connectivity index (χ3v) is 4.99. The fraction of sp³-hybridized carbons (Fsp3) is 0.417. The van der Waals surface area contributed by atoms with Crippen LogP contribution in [-0.2, 0) is 13.1 Å². The van der Waals surface area contributed by atoms with Gasteiger partial charge in [0.2, 0.25) is 0 Å². The molecule has 0 radical (unpaired) electrons. The van der Waals surface area contributed by atoms with Gasteiger partial charge in [0.05, 0.1) is 0 Å². The molecule has 26 heavy (non-hydrogen) atoms. The van der Waals surface area contributed by atoms with E-state index in [4.69, 9.17) is 0 Å².